The van der Waals surface area contributed by atoms with Gasteiger partial charge in [0.2, 0.25) is 0 Å². The van der Waals surface area contributed by atoms with Gasteiger partial charge in [0.25, 0.3) is 0 Å². The average Bonchev–Trinajstić information content (AvgIpc) is 2.98. The van der Waals surface area contributed by atoms with Gasteiger partial charge in [-0.15, -0.1) is 0 Å². The molecule has 28 heavy (non-hydrogen) atoms. The van der Waals surface area contributed by atoms with E-state index in [0.717, 1.165) is 25.2 Å². The highest BCUT2D eigenvalue weighted by Gasteiger charge is 2.39. The Morgan fingerprint density at radius 2 is 2.18 bits per heavy atom. The van der Waals surface area contributed by atoms with E-state index in [4.69, 9.17) is 4.74 Å². The molecule has 0 spiro atoms. The van der Waals surface area contributed by atoms with E-state index < -0.39 is 0 Å². The van der Waals surface area contributed by atoms with Gasteiger partial charge in [-0.2, -0.15) is 0 Å². The Bertz CT molecular complexity index is 914. The quantitative estimate of drug-likeness (QED) is 0.638. The van der Waals surface area contributed by atoms with E-state index in [1.54, 1.807) is 6.08 Å². The third-order valence-corrected chi connectivity index (χ3v) is 6.41. The van der Waals surface area contributed by atoms with Crippen molar-refractivity contribution in [2.24, 2.45) is 13.0 Å². The average molecular weight is 382 g/mol. The summed E-state index contributed by atoms with van der Waals surface area (Å²) in [6.07, 6.45) is 6.19. The third kappa shape index (κ3) is 3.44. The van der Waals surface area contributed by atoms with E-state index >= 15 is 0 Å². The van der Waals surface area contributed by atoms with Crippen molar-refractivity contribution in [3.8, 4) is 0 Å². The van der Waals surface area contributed by atoms with Crippen LogP contribution >= 0.6 is 0 Å². The summed E-state index contributed by atoms with van der Waals surface area (Å²) < 4.78 is 7.27. The number of likely N-dealkylation sites (tertiary alicyclic amines) is 1. The van der Waals surface area contributed by atoms with Crippen molar-refractivity contribution < 1.29 is 9.53 Å². The highest BCUT2D eigenvalue weighted by molar-refractivity contribution is 5.89. The highest BCUT2D eigenvalue weighted by Crippen LogP contribution is 2.44. The molecule has 0 bridgehead atoms. The summed E-state index contributed by atoms with van der Waals surface area (Å²) in [6, 6.07) is 7.35. The lowest BCUT2D eigenvalue weighted by molar-refractivity contribution is -0.137. The first kappa shape index (κ1) is 19.1. The van der Waals surface area contributed by atoms with Crippen molar-refractivity contribution >= 4 is 16.9 Å². The number of allylic oxidation sites excluding steroid dienone is 1. The van der Waals surface area contributed by atoms with Crippen molar-refractivity contribution in [3.63, 3.8) is 0 Å². The van der Waals surface area contributed by atoms with Crippen molar-refractivity contribution in [3.05, 3.63) is 47.3 Å². The van der Waals surface area contributed by atoms with Crippen LogP contribution in [-0.2, 0) is 23.0 Å². The molecule has 4 rings (SSSR count). The number of hydrogen-bond donors (Lipinski definition) is 1. The molecule has 150 valence electrons. The summed E-state index contributed by atoms with van der Waals surface area (Å²) in [6.45, 7) is 6.13. The van der Waals surface area contributed by atoms with Gasteiger partial charge in [0.15, 0.2) is 0 Å². The number of carbonyl (C=O) groups excluding carboxylic acids is 1. The first-order chi connectivity index (χ1) is 13.5. The standard InChI is InChI=1S/C23H31N3O2/c1-5-28-22(27)9-15(2)24-12-16-10-19-18-7-6-8-20-23(18)17(14-26(20)4)11-21(19)25(3)13-16/h6-9,14,16,19,21,24H,5,10-13H2,1-4H3/t16?,19?,21-/m1/s1. The third-order valence-electron chi connectivity index (χ3n) is 6.41. The predicted molar refractivity (Wildman–Crippen MR) is 112 cm³/mol. The Morgan fingerprint density at radius 3 is 2.96 bits per heavy atom. The summed E-state index contributed by atoms with van der Waals surface area (Å²) in [5, 5.41) is 4.91. The second-order valence-corrected chi connectivity index (χ2v) is 8.39. The molecule has 2 aliphatic rings. The monoisotopic (exact) mass is 381 g/mol. The molecule has 5 heteroatoms. The van der Waals surface area contributed by atoms with Gasteiger partial charge in [-0.1, -0.05) is 12.1 Å². The molecule has 3 atom stereocenters. The summed E-state index contributed by atoms with van der Waals surface area (Å²) >= 11 is 0. The Morgan fingerprint density at radius 1 is 1.36 bits per heavy atom. The Hall–Kier alpha value is -2.27. The molecule has 1 N–H and O–H groups in total. The molecule has 5 nitrogen and oxygen atoms in total. The fraction of sp³-hybridized carbons (Fsp3) is 0.522. The first-order valence-corrected chi connectivity index (χ1v) is 10.3. The van der Waals surface area contributed by atoms with Crippen LogP contribution < -0.4 is 5.32 Å². The van der Waals surface area contributed by atoms with Crippen molar-refractivity contribution in [2.45, 2.75) is 38.6 Å². The molecule has 0 radical (unpaired) electrons. The molecular formula is C23H31N3O2. The van der Waals surface area contributed by atoms with Gasteiger partial charge in [0, 0.05) is 61.0 Å². The van der Waals surface area contributed by atoms with E-state index in [-0.39, 0.29) is 5.97 Å². The maximum Gasteiger partial charge on any atom is 0.332 e. The van der Waals surface area contributed by atoms with E-state index in [1.165, 1.54) is 28.5 Å². The Balaban J connectivity index is 1.51. The number of likely N-dealkylation sites (N-methyl/N-ethyl adjacent to an activating group) is 1. The smallest absolute Gasteiger partial charge is 0.332 e. The van der Waals surface area contributed by atoms with Crippen LogP contribution in [0.3, 0.4) is 0 Å². The lowest BCUT2D eigenvalue weighted by Crippen LogP contribution is -2.49. The van der Waals surface area contributed by atoms with E-state index in [0.29, 0.717) is 24.5 Å². The number of esters is 1. The Labute approximate surface area is 167 Å². The fourth-order valence-corrected chi connectivity index (χ4v) is 5.20. The van der Waals surface area contributed by atoms with Crippen LogP contribution in [0.5, 0.6) is 0 Å². The highest BCUT2D eigenvalue weighted by atomic mass is 16.5. The largest absolute Gasteiger partial charge is 0.463 e. The lowest BCUT2D eigenvalue weighted by atomic mass is 9.72. The van der Waals surface area contributed by atoms with Crippen LogP contribution in [0.1, 0.15) is 37.3 Å². The first-order valence-electron chi connectivity index (χ1n) is 10.3. The number of hydrogen-bond acceptors (Lipinski definition) is 4. The van der Waals surface area contributed by atoms with Crippen molar-refractivity contribution in [1.29, 1.82) is 0 Å². The minimum Gasteiger partial charge on any atom is -0.463 e. The van der Waals surface area contributed by atoms with E-state index in [2.05, 4.69) is 53.3 Å². The normalized spacial score (nSPS) is 24.9. The van der Waals surface area contributed by atoms with Gasteiger partial charge in [-0.25, -0.2) is 4.79 Å². The maximum absolute atomic E-state index is 11.6. The minimum atomic E-state index is -0.274. The molecule has 1 aromatic heterocycles. The molecular weight excluding hydrogens is 350 g/mol. The van der Waals surface area contributed by atoms with Gasteiger partial charge in [0.1, 0.15) is 0 Å². The topological polar surface area (TPSA) is 46.5 Å². The molecule has 1 fully saturated rings. The number of nitrogens with one attached hydrogen (secondary N) is 1. The van der Waals surface area contributed by atoms with Crippen LogP contribution in [0.25, 0.3) is 10.9 Å². The maximum atomic E-state index is 11.6. The number of benzene rings is 1. The number of aromatic nitrogens is 1. The number of nitrogens with zero attached hydrogens (tertiary/aromatic N) is 2. The van der Waals surface area contributed by atoms with Crippen LogP contribution in [0.2, 0.25) is 0 Å². The fourth-order valence-electron chi connectivity index (χ4n) is 5.20. The second-order valence-electron chi connectivity index (χ2n) is 8.39. The van der Waals surface area contributed by atoms with Gasteiger partial charge < -0.3 is 19.5 Å². The van der Waals surface area contributed by atoms with Crippen molar-refractivity contribution in [2.75, 3.05) is 26.7 Å². The summed E-state index contributed by atoms with van der Waals surface area (Å²) in [7, 11) is 4.42. The molecule has 2 heterocycles. The number of piperidine rings is 1. The molecule has 1 aliphatic heterocycles. The number of ether oxygens (including phenoxy) is 1. The van der Waals surface area contributed by atoms with Gasteiger partial charge in [-0.3, -0.25) is 0 Å². The van der Waals surface area contributed by atoms with Crippen LogP contribution in [0.4, 0.5) is 0 Å². The number of aryl methyl sites for hydroxylation is 1. The van der Waals surface area contributed by atoms with Gasteiger partial charge in [-0.05, 0) is 56.8 Å². The zero-order chi connectivity index (χ0) is 19.8. The summed E-state index contributed by atoms with van der Waals surface area (Å²) in [5.41, 5.74) is 5.23. The Kier molecular flexibility index (Phi) is 5.19. The summed E-state index contributed by atoms with van der Waals surface area (Å²) in [5.74, 6) is 0.847. The summed E-state index contributed by atoms with van der Waals surface area (Å²) in [4.78, 5) is 14.2. The lowest BCUT2D eigenvalue weighted by Gasteiger charge is -2.45. The molecule has 1 aliphatic carbocycles. The van der Waals surface area contributed by atoms with Crippen LogP contribution in [0.15, 0.2) is 36.2 Å². The molecule has 0 saturated carbocycles. The molecule has 1 aromatic carbocycles. The molecule has 2 unspecified atom stereocenters. The SMILES string of the molecule is CCOC(=O)C=C(C)NCC1CC2c3cccc4c3c(cn4C)C[C@H]2N(C)C1. The van der Waals surface area contributed by atoms with Gasteiger partial charge in [0.05, 0.1) is 6.61 Å². The van der Waals surface area contributed by atoms with Gasteiger partial charge >= 0.3 is 5.97 Å². The molecule has 0 amide bonds. The van der Waals surface area contributed by atoms with Crippen LogP contribution in [-0.4, -0.2) is 48.2 Å². The van der Waals surface area contributed by atoms with E-state index in [1.807, 2.05) is 13.8 Å². The number of rotatable bonds is 5. The second kappa shape index (κ2) is 7.63. The minimum absolute atomic E-state index is 0.274. The van der Waals surface area contributed by atoms with E-state index in [9.17, 15) is 4.79 Å². The van der Waals surface area contributed by atoms with Crippen LogP contribution in [0, 0.1) is 5.92 Å². The molecule has 2 aromatic rings. The predicted octanol–water partition coefficient (Wildman–Crippen LogP) is 3.19. The van der Waals surface area contributed by atoms with Crippen molar-refractivity contribution in [1.82, 2.24) is 14.8 Å². The number of fused-ring (bicyclic) bond motifs is 2. The molecule has 1 saturated heterocycles. The zero-order valence-corrected chi connectivity index (χ0v) is 17.4. The zero-order valence-electron chi connectivity index (χ0n) is 17.4. The number of carbonyl (C=O) groups is 1.